The van der Waals surface area contributed by atoms with Crippen LogP contribution in [0.2, 0.25) is 5.02 Å². The highest BCUT2D eigenvalue weighted by molar-refractivity contribution is 7.17. The number of Topliss-reactive ketones (excluding diaryl/α,β-unsaturated/α-hetero) is 1. The van der Waals surface area contributed by atoms with Crippen molar-refractivity contribution in [2.75, 3.05) is 12.0 Å². The number of ether oxygens (including phenoxy) is 1. The Morgan fingerprint density at radius 3 is 2.48 bits per heavy atom. The molecule has 33 heavy (non-hydrogen) atoms. The molecule has 1 aliphatic heterocycles. The number of aliphatic hydroxyl groups is 1. The van der Waals surface area contributed by atoms with Crippen molar-refractivity contribution in [3.05, 3.63) is 86.4 Å². The van der Waals surface area contributed by atoms with E-state index in [1.807, 2.05) is 6.92 Å². The molecule has 0 radical (unpaired) electrons. The van der Waals surface area contributed by atoms with E-state index in [-0.39, 0.29) is 21.3 Å². The summed E-state index contributed by atoms with van der Waals surface area (Å²) in [5.74, 6) is -2.61. The largest absolute Gasteiger partial charge is 0.507 e. The van der Waals surface area contributed by atoms with E-state index in [1.54, 1.807) is 55.5 Å². The first-order valence-electron chi connectivity index (χ1n) is 9.92. The molecule has 1 fully saturated rings. The average Bonchev–Trinajstić information content (AvgIpc) is 3.30. The summed E-state index contributed by atoms with van der Waals surface area (Å²) >= 11 is 7.14. The number of aromatic nitrogens is 1. The molecule has 9 heteroatoms. The summed E-state index contributed by atoms with van der Waals surface area (Å²) in [7, 11) is 1.25. The molecule has 0 bridgehead atoms. The number of benzene rings is 2. The third-order valence-corrected chi connectivity index (χ3v) is 6.67. The molecular weight excluding hydrogens is 464 g/mol. The SMILES string of the molecule is COC(=O)c1sc(N2C(=O)C(=O)/C(=C(/O)c3ccc(C)cc3)[C@@H]2c2cccc(Cl)c2)nc1C. The van der Waals surface area contributed by atoms with Gasteiger partial charge in [0.2, 0.25) is 0 Å². The molecule has 1 saturated heterocycles. The standard InChI is InChI=1S/C24H19ClN2O5S/c1-12-7-9-14(10-8-12)19(28)17-18(15-5-4-6-16(25)11-15)27(22(30)20(17)29)24-26-13(2)21(33-24)23(31)32-3/h4-11,18,28H,1-3H3/b19-17+/t18-/m0/s1. The zero-order chi connectivity index (χ0) is 23.9. The van der Waals surface area contributed by atoms with Crippen LogP contribution in [0.4, 0.5) is 5.13 Å². The number of carbonyl (C=O) groups excluding carboxylic acids is 3. The van der Waals surface area contributed by atoms with Gasteiger partial charge in [-0.1, -0.05) is 64.9 Å². The highest BCUT2D eigenvalue weighted by Crippen LogP contribution is 2.44. The summed E-state index contributed by atoms with van der Waals surface area (Å²) < 4.78 is 4.79. The van der Waals surface area contributed by atoms with E-state index < -0.39 is 23.7 Å². The molecule has 1 atom stereocenters. The van der Waals surface area contributed by atoms with Crippen molar-refractivity contribution in [3.8, 4) is 0 Å². The molecule has 0 spiro atoms. The maximum Gasteiger partial charge on any atom is 0.350 e. The van der Waals surface area contributed by atoms with E-state index in [4.69, 9.17) is 16.3 Å². The molecule has 168 valence electrons. The van der Waals surface area contributed by atoms with Gasteiger partial charge in [0.15, 0.2) is 5.13 Å². The number of halogens is 1. The Hall–Kier alpha value is -3.49. The van der Waals surface area contributed by atoms with Gasteiger partial charge < -0.3 is 9.84 Å². The zero-order valence-corrected chi connectivity index (χ0v) is 19.5. The van der Waals surface area contributed by atoms with E-state index in [0.29, 0.717) is 21.8 Å². The molecule has 0 aliphatic carbocycles. The lowest BCUT2D eigenvalue weighted by molar-refractivity contribution is -0.132. The first-order valence-corrected chi connectivity index (χ1v) is 11.1. The van der Waals surface area contributed by atoms with Crippen LogP contribution >= 0.6 is 22.9 Å². The summed E-state index contributed by atoms with van der Waals surface area (Å²) in [5, 5.41) is 11.7. The topological polar surface area (TPSA) is 96.8 Å². The van der Waals surface area contributed by atoms with Crippen molar-refractivity contribution in [1.29, 1.82) is 0 Å². The van der Waals surface area contributed by atoms with Crippen LogP contribution in [0.15, 0.2) is 54.1 Å². The fourth-order valence-electron chi connectivity index (χ4n) is 3.66. The quantitative estimate of drug-likeness (QED) is 0.248. The molecule has 4 rings (SSSR count). The van der Waals surface area contributed by atoms with Crippen LogP contribution in [0.3, 0.4) is 0 Å². The molecule has 2 aromatic carbocycles. The van der Waals surface area contributed by atoms with Crippen LogP contribution in [0.25, 0.3) is 5.76 Å². The van der Waals surface area contributed by atoms with Crippen molar-refractivity contribution in [3.63, 3.8) is 0 Å². The van der Waals surface area contributed by atoms with Crippen LogP contribution in [0, 0.1) is 13.8 Å². The van der Waals surface area contributed by atoms with Gasteiger partial charge >= 0.3 is 11.9 Å². The molecular formula is C24H19ClN2O5S. The number of hydrogen-bond donors (Lipinski definition) is 1. The minimum atomic E-state index is -0.985. The lowest BCUT2D eigenvalue weighted by atomic mass is 9.95. The number of ketones is 1. The van der Waals surface area contributed by atoms with Gasteiger partial charge in [-0.05, 0) is 31.5 Å². The van der Waals surface area contributed by atoms with Crippen molar-refractivity contribution in [2.24, 2.45) is 0 Å². The van der Waals surface area contributed by atoms with Crippen molar-refractivity contribution >= 4 is 51.5 Å². The molecule has 7 nitrogen and oxygen atoms in total. The molecule has 1 aromatic heterocycles. The van der Waals surface area contributed by atoms with Gasteiger partial charge in [-0.15, -0.1) is 0 Å². The number of aliphatic hydroxyl groups excluding tert-OH is 1. The maximum absolute atomic E-state index is 13.2. The number of amides is 1. The Labute approximate surface area is 198 Å². The molecule has 3 aromatic rings. The average molecular weight is 483 g/mol. The summed E-state index contributed by atoms with van der Waals surface area (Å²) in [5.41, 5.74) is 2.18. The second-order valence-electron chi connectivity index (χ2n) is 7.49. The maximum atomic E-state index is 13.2. The Balaban J connectivity index is 1.94. The van der Waals surface area contributed by atoms with Gasteiger partial charge in [-0.25, -0.2) is 9.78 Å². The molecule has 1 N–H and O–H groups in total. The second-order valence-corrected chi connectivity index (χ2v) is 8.91. The van der Waals surface area contributed by atoms with Crippen LogP contribution in [0.1, 0.15) is 38.1 Å². The molecule has 0 saturated carbocycles. The predicted octanol–water partition coefficient (Wildman–Crippen LogP) is 4.83. The highest BCUT2D eigenvalue weighted by Gasteiger charge is 2.48. The fraction of sp³-hybridized carbons (Fsp3) is 0.167. The number of methoxy groups -OCH3 is 1. The third-order valence-electron chi connectivity index (χ3n) is 5.30. The Morgan fingerprint density at radius 1 is 1.15 bits per heavy atom. The van der Waals surface area contributed by atoms with Crippen LogP contribution in [-0.2, 0) is 14.3 Å². The zero-order valence-electron chi connectivity index (χ0n) is 18.0. The summed E-state index contributed by atoms with van der Waals surface area (Å²) in [6, 6.07) is 12.6. The molecule has 0 unspecified atom stereocenters. The number of esters is 1. The van der Waals surface area contributed by atoms with E-state index in [9.17, 15) is 19.5 Å². The van der Waals surface area contributed by atoms with Crippen LogP contribution in [0.5, 0.6) is 0 Å². The van der Waals surface area contributed by atoms with Gasteiger partial charge in [0.05, 0.1) is 24.4 Å². The lowest BCUT2D eigenvalue weighted by Crippen LogP contribution is -2.29. The monoisotopic (exact) mass is 482 g/mol. The number of hydrogen-bond acceptors (Lipinski definition) is 7. The first kappa shape index (κ1) is 22.7. The summed E-state index contributed by atoms with van der Waals surface area (Å²) in [6.07, 6.45) is 0. The van der Waals surface area contributed by atoms with Crippen molar-refractivity contribution in [1.82, 2.24) is 4.98 Å². The van der Waals surface area contributed by atoms with Crippen LogP contribution < -0.4 is 4.90 Å². The smallest absolute Gasteiger partial charge is 0.350 e. The predicted molar refractivity (Wildman–Crippen MR) is 126 cm³/mol. The third kappa shape index (κ3) is 4.03. The normalized spacial score (nSPS) is 17.5. The number of anilines is 1. The van der Waals surface area contributed by atoms with Gasteiger partial charge in [-0.3, -0.25) is 14.5 Å². The molecule has 2 heterocycles. The van der Waals surface area contributed by atoms with E-state index in [1.165, 1.54) is 12.0 Å². The first-order chi connectivity index (χ1) is 15.7. The number of thiazole rings is 1. The Morgan fingerprint density at radius 2 is 1.85 bits per heavy atom. The van der Waals surface area contributed by atoms with Gasteiger partial charge in [0.1, 0.15) is 10.6 Å². The number of carbonyl (C=O) groups is 3. The number of rotatable bonds is 4. The van der Waals surface area contributed by atoms with E-state index >= 15 is 0 Å². The van der Waals surface area contributed by atoms with Gasteiger partial charge in [-0.2, -0.15) is 0 Å². The van der Waals surface area contributed by atoms with E-state index in [0.717, 1.165) is 16.9 Å². The Kier molecular flexibility index (Phi) is 6.05. The molecule has 1 aliphatic rings. The van der Waals surface area contributed by atoms with Crippen molar-refractivity contribution in [2.45, 2.75) is 19.9 Å². The van der Waals surface area contributed by atoms with Crippen LogP contribution in [-0.4, -0.2) is 34.9 Å². The minimum Gasteiger partial charge on any atom is -0.507 e. The van der Waals surface area contributed by atoms with Gasteiger partial charge in [0.25, 0.3) is 5.78 Å². The van der Waals surface area contributed by atoms with Gasteiger partial charge in [0, 0.05) is 10.6 Å². The molecule has 1 amide bonds. The minimum absolute atomic E-state index is 0.0846. The second kappa shape index (κ2) is 8.80. The summed E-state index contributed by atoms with van der Waals surface area (Å²) in [4.78, 5) is 44.2. The Bertz CT molecular complexity index is 1310. The summed E-state index contributed by atoms with van der Waals surface area (Å²) in [6.45, 7) is 3.52. The number of aryl methyl sites for hydroxylation is 2. The van der Waals surface area contributed by atoms with E-state index in [2.05, 4.69) is 4.98 Å². The highest BCUT2D eigenvalue weighted by atomic mass is 35.5. The number of nitrogens with zero attached hydrogens (tertiary/aromatic N) is 2. The lowest BCUT2D eigenvalue weighted by Gasteiger charge is -2.23. The van der Waals surface area contributed by atoms with Crippen molar-refractivity contribution < 1.29 is 24.2 Å². The fourth-order valence-corrected chi connectivity index (χ4v) is 4.87.